The Morgan fingerprint density at radius 3 is 2.13 bits per heavy atom. The van der Waals surface area contributed by atoms with Gasteiger partial charge in [0.25, 0.3) is 0 Å². The summed E-state index contributed by atoms with van der Waals surface area (Å²) < 4.78 is 0. The van der Waals surface area contributed by atoms with Crippen molar-refractivity contribution in [1.29, 1.82) is 0 Å². The second-order valence-corrected chi connectivity index (χ2v) is 3.44. The zero-order valence-corrected chi connectivity index (χ0v) is 11.2. The van der Waals surface area contributed by atoms with E-state index < -0.39 is 0 Å². The van der Waals surface area contributed by atoms with E-state index >= 15 is 0 Å². The van der Waals surface area contributed by atoms with Crippen molar-refractivity contribution in [2.75, 3.05) is 0 Å². The molecule has 0 aliphatic heterocycles. The topological polar surface area (TPSA) is 20.2 Å². The summed E-state index contributed by atoms with van der Waals surface area (Å²) in [5.74, 6) is 0.117. The number of phenolic OH excluding ortho intramolecular Hbond substituents is 1. The first-order chi connectivity index (χ1) is 6.77. The summed E-state index contributed by atoms with van der Waals surface area (Å²) >= 11 is 5.81. The molecule has 0 unspecified atom stereocenters. The third-order valence-corrected chi connectivity index (χ3v) is 2.36. The molecule has 15 heavy (non-hydrogen) atoms. The van der Waals surface area contributed by atoms with Gasteiger partial charge in [-0.2, -0.15) is 0 Å². The zero-order valence-electron chi connectivity index (χ0n) is 8.44. The number of benzene rings is 2. The molecule has 0 spiro atoms. The number of hydrogen-bond donors (Lipinski definition) is 1. The Labute approximate surface area is 116 Å². The van der Waals surface area contributed by atoms with Crippen LogP contribution in [0, 0.1) is 0 Å². The minimum Gasteiger partial charge on any atom is -0.506 e. The molecule has 1 N–H and O–H groups in total. The smallest absolute Gasteiger partial charge is 0.506 e. The van der Waals surface area contributed by atoms with Gasteiger partial charge in [0.1, 0.15) is 5.75 Å². The van der Waals surface area contributed by atoms with Crippen LogP contribution in [0.25, 0.3) is 11.1 Å². The Bertz CT molecular complexity index is 443. The Hall–Kier alpha value is -0.470. The van der Waals surface area contributed by atoms with Crippen molar-refractivity contribution in [1.82, 2.24) is 0 Å². The predicted molar refractivity (Wildman–Crippen MR) is 58.6 cm³/mol. The van der Waals surface area contributed by atoms with E-state index in [1.807, 2.05) is 36.4 Å². The molecule has 0 bridgehead atoms. The van der Waals surface area contributed by atoms with Gasteiger partial charge < -0.3 is 5.11 Å². The molecule has 0 saturated carbocycles. The standard InChI is InChI=1S/C12H9ClO.Na/c13-11-8-10(6-7-12(11)14)9-4-2-1-3-5-9;/h1-8,14H;/q;+1. The summed E-state index contributed by atoms with van der Waals surface area (Å²) in [5, 5.41) is 9.64. The van der Waals surface area contributed by atoms with Gasteiger partial charge in [-0.25, -0.2) is 0 Å². The largest absolute Gasteiger partial charge is 1.00 e. The third kappa shape index (κ3) is 2.99. The monoisotopic (exact) mass is 227 g/mol. The van der Waals surface area contributed by atoms with E-state index in [2.05, 4.69) is 0 Å². The molecule has 1 nitrogen and oxygen atoms in total. The van der Waals surface area contributed by atoms with Gasteiger partial charge >= 0.3 is 29.6 Å². The van der Waals surface area contributed by atoms with E-state index in [0.717, 1.165) is 11.1 Å². The van der Waals surface area contributed by atoms with Gasteiger partial charge in [0.2, 0.25) is 0 Å². The van der Waals surface area contributed by atoms with Crippen LogP contribution >= 0.6 is 11.6 Å². The van der Waals surface area contributed by atoms with Crippen LogP contribution in [-0.4, -0.2) is 5.11 Å². The minimum atomic E-state index is 0. The van der Waals surface area contributed by atoms with Gasteiger partial charge in [0.05, 0.1) is 5.02 Å². The number of halogens is 1. The molecule has 0 amide bonds. The average Bonchev–Trinajstić information content (AvgIpc) is 2.23. The number of phenols is 1. The van der Waals surface area contributed by atoms with Crippen molar-refractivity contribution in [3.05, 3.63) is 53.6 Å². The van der Waals surface area contributed by atoms with E-state index in [1.54, 1.807) is 12.1 Å². The average molecular weight is 228 g/mol. The van der Waals surface area contributed by atoms with Crippen molar-refractivity contribution in [2.24, 2.45) is 0 Å². The van der Waals surface area contributed by atoms with Crippen molar-refractivity contribution < 1.29 is 34.7 Å². The molecular formula is C12H9ClNaO+. The maximum absolute atomic E-state index is 9.26. The second-order valence-electron chi connectivity index (χ2n) is 3.03. The minimum absolute atomic E-state index is 0. The second kappa shape index (κ2) is 5.57. The molecule has 70 valence electrons. The van der Waals surface area contributed by atoms with Crippen LogP contribution < -0.4 is 29.6 Å². The zero-order chi connectivity index (χ0) is 9.97. The molecule has 0 aliphatic rings. The maximum atomic E-state index is 9.26. The van der Waals surface area contributed by atoms with Crippen molar-refractivity contribution in [2.45, 2.75) is 0 Å². The first-order valence-electron chi connectivity index (χ1n) is 4.31. The normalized spacial score (nSPS) is 9.40. The van der Waals surface area contributed by atoms with E-state index in [0.29, 0.717) is 5.02 Å². The van der Waals surface area contributed by atoms with Crippen molar-refractivity contribution in [3.8, 4) is 16.9 Å². The maximum Gasteiger partial charge on any atom is 1.00 e. The van der Waals surface area contributed by atoms with E-state index in [1.165, 1.54) is 0 Å². The van der Waals surface area contributed by atoms with E-state index in [4.69, 9.17) is 11.6 Å². The molecular weight excluding hydrogens is 219 g/mol. The van der Waals surface area contributed by atoms with Gasteiger partial charge in [0, 0.05) is 0 Å². The summed E-state index contributed by atoms with van der Waals surface area (Å²) in [6.07, 6.45) is 0. The molecule has 0 radical (unpaired) electrons. The molecule has 2 rings (SSSR count). The molecule has 2 aromatic rings. The molecule has 0 heterocycles. The summed E-state index contributed by atoms with van der Waals surface area (Å²) in [6, 6.07) is 15.1. The van der Waals surface area contributed by atoms with Crippen LogP contribution in [0.3, 0.4) is 0 Å². The van der Waals surface area contributed by atoms with E-state index in [9.17, 15) is 5.11 Å². The third-order valence-electron chi connectivity index (χ3n) is 2.05. The predicted octanol–water partition coefficient (Wildman–Crippen LogP) is 0.717. The fourth-order valence-corrected chi connectivity index (χ4v) is 1.50. The van der Waals surface area contributed by atoms with Gasteiger partial charge in [0.15, 0.2) is 0 Å². The summed E-state index contributed by atoms with van der Waals surface area (Å²) in [7, 11) is 0. The molecule has 0 aromatic heterocycles. The molecule has 0 saturated heterocycles. The van der Waals surface area contributed by atoms with E-state index in [-0.39, 0.29) is 35.3 Å². The molecule has 0 fully saturated rings. The Morgan fingerprint density at radius 2 is 1.53 bits per heavy atom. The Morgan fingerprint density at radius 1 is 0.867 bits per heavy atom. The van der Waals surface area contributed by atoms with Crippen molar-refractivity contribution >= 4 is 11.6 Å². The van der Waals surface area contributed by atoms with Gasteiger partial charge in [-0.1, -0.05) is 48.0 Å². The summed E-state index contributed by atoms with van der Waals surface area (Å²) in [5.41, 5.74) is 2.10. The molecule has 0 aliphatic carbocycles. The van der Waals surface area contributed by atoms with Crippen molar-refractivity contribution in [3.63, 3.8) is 0 Å². The first-order valence-corrected chi connectivity index (χ1v) is 4.69. The van der Waals surface area contributed by atoms with Gasteiger partial charge in [-0.3, -0.25) is 0 Å². The van der Waals surface area contributed by atoms with Crippen LogP contribution in [0.5, 0.6) is 5.75 Å². The molecule has 3 heteroatoms. The number of aromatic hydroxyl groups is 1. The van der Waals surface area contributed by atoms with Crippen LogP contribution in [0.1, 0.15) is 0 Å². The molecule has 0 atom stereocenters. The van der Waals surface area contributed by atoms with Crippen LogP contribution in [0.4, 0.5) is 0 Å². The summed E-state index contributed by atoms with van der Waals surface area (Å²) in [4.78, 5) is 0. The quantitative estimate of drug-likeness (QED) is 0.712. The number of hydrogen-bond acceptors (Lipinski definition) is 1. The Kier molecular flexibility index (Phi) is 4.68. The SMILES string of the molecule is Oc1ccc(-c2ccccc2)cc1Cl.[Na+]. The fourth-order valence-electron chi connectivity index (χ4n) is 1.32. The first kappa shape index (κ1) is 12.6. The van der Waals surface area contributed by atoms with Gasteiger partial charge in [-0.15, -0.1) is 0 Å². The van der Waals surface area contributed by atoms with Gasteiger partial charge in [-0.05, 0) is 23.3 Å². The molecule has 2 aromatic carbocycles. The van der Waals surface area contributed by atoms with Crippen LogP contribution in [0.15, 0.2) is 48.5 Å². The van der Waals surface area contributed by atoms with Crippen LogP contribution in [-0.2, 0) is 0 Å². The summed E-state index contributed by atoms with van der Waals surface area (Å²) in [6.45, 7) is 0. The number of rotatable bonds is 1. The Balaban J connectivity index is 0.00000112. The fraction of sp³-hybridized carbons (Fsp3) is 0. The van der Waals surface area contributed by atoms with Crippen LogP contribution in [0.2, 0.25) is 5.02 Å².